The number of hydrogen-bond donors (Lipinski definition) is 2. The summed E-state index contributed by atoms with van der Waals surface area (Å²) in [6.07, 6.45) is 0. The van der Waals surface area contributed by atoms with Crippen LogP contribution < -0.4 is 11.5 Å². The number of nitrogens with two attached hydrogens (primary N) is 2. The van der Waals surface area contributed by atoms with Crippen molar-refractivity contribution in [1.82, 2.24) is 24.7 Å². The zero-order chi connectivity index (χ0) is 18.0. The summed E-state index contributed by atoms with van der Waals surface area (Å²) in [5.41, 5.74) is 12.3. The Labute approximate surface area is 147 Å². The smallest absolute Gasteiger partial charge is 0.343 e. The summed E-state index contributed by atoms with van der Waals surface area (Å²) < 4.78 is 6.66. The Morgan fingerprint density at radius 1 is 1.16 bits per heavy atom. The third-order valence-corrected chi connectivity index (χ3v) is 3.61. The van der Waals surface area contributed by atoms with Crippen LogP contribution in [0.4, 0.5) is 11.9 Å². The maximum absolute atomic E-state index is 12.4. The molecule has 3 aromatic rings. The van der Waals surface area contributed by atoms with Gasteiger partial charge in [0.1, 0.15) is 10.7 Å². The van der Waals surface area contributed by atoms with Gasteiger partial charge in [0.15, 0.2) is 12.4 Å². The number of anilines is 2. The number of para-hydroxylation sites is 1. The maximum atomic E-state index is 12.4. The Balaban J connectivity index is 1.82. The summed E-state index contributed by atoms with van der Waals surface area (Å²) in [4.78, 5) is 23.7. The lowest BCUT2D eigenvalue weighted by atomic mass is 10.2. The molecule has 0 bridgehead atoms. The Hall–Kier alpha value is -3.20. The van der Waals surface area contributed by atoms with Gasteiger partial charge in [0.25, 0.3) is 0 Å². The van der Waals surface area contributed by atoms with Crippen LogP contribution in [-0.2, 0) is 11.3 Å². The van der Waals surface area contributed by atoms with Crippen molar-refractivity contribution in [2.45, 2.75) is 13.5 Å². The number of rotatable bonds is 4. The number of esters is 1. The molecule has 0 atom stereocenters. The van der Waals surface area contributed by atoms with Crippen LogP contribution >= 0.6 is 11.6 Å². The lowest BCUT2D eigenvalue weighted by molar-refractivity contribution is 0.0461. The van der Waals surface area contributed by atoms with Crippen molar-refractivity contribution >= 4 is 29.5 Å². The molecule has 2 aromatic heterocycles. The molecule has 0 radical (unpaired) electrons. The number of benzene rings is 1. The van der Waals surface area contributed by atoms with Gasteiger partial charge in [-0.2, -0.15) is 20.1 Å². The van der Waals surface area contributed by atoms with Crippen molar-refractivity contribution in [3.63, 3.8) is 0 Å². The lowest BCUT2D eigenvalue weighted by Crippen LogP contribution is -2.11. The van der Waals surface area contributed by atoms with E-state index in [4.69, 9.17) is 27.8 Å². The molecular formula is C15H14ClN7O2. The van der Waals surface area contributed by atoms with Gasteiger partial charge in [-0.25, -0.2) is 9.48 Å². The molecule has 10 heteroatoms. The molecule has 25 heavy (non-hydrogen) atoms. The molecule has 0 unspecified atom stereocenters. The Morgan fingerprint density at radius 2 is 1.80 bits per heavy atom. The summed E-state index contributed by atoms with van der Waals surface area (Å²) in [5, 5.41) is 4.44. The molecule has 0 saturated heterocycles. The third-order valence-electron chi connectivity index (χ3n) is 3.26. The number of ether oxygens (including phenoxy) is 1. The van der Waals surface area contributed by atoms with Gasteiger partial charge >= 0.3 is 5.97 Å². The van der Waals surface area contributed by atoms with Crippen LogP contribution in [0.25, 0.3) is 5.69 Å². The van der Waals surface area contributed by atoms with E-state index in [0.29, 0.717) is 5.69 Å². The number of aromatic nitrogens is 5. The molecule has 0 amide bonds. The highest BCUT2D eigenvalue weighted by atomic mass is 35.5. The molecule has 3 rings (SSSR count). The van der Waals surface area contributed by atoms with Crippen LogP contribution in [0.2, 0.25) is 5.15 Å². The summed E-state index contributed by atoms with van der Waals surface area (Å²) >= 11 is 6.31. The van der Waals surface area contributed by atoms with Crippen LogP contribution in [0.1, 0.15) is 21.9 Å². The van der Waals surface area contributed by atoms with E-state index < -0.39 is 5.97 Å². The van der Waals surface area contributed by atoms with Crippen molar-refractivity contribution < 1.29 is 9.53 Å². The van der Waals surface area contributed by atoms with Gasteiger partial charge in [0.2, 0.25) is 11.9 Å². The first-order chi connectivity index (χ1) is 12.0. The van der Waals surface area contributed by atoms with Crippen molar-refractivity contribution in [2.75, 3.05) is 11.5 Å². The first kappa shape index (κ1) is 16.7. The number of halogens is 1. The Bertz CT molecular complexity index is 907. The largest absolute Gasteiger partial charge is 0.454 e. The fourth-order valence-corrected chi connectivity index (χ4v) is 2.54. The average Bonchev–Trinajstić information content (AvgIpc) is 2.87. The standard InChI is InChI=1S/C15H14ClN7O2/c1-8-11(12(16)23(22-8)9-5-3-2-4-6-9)13(24)25-7-10-19-14(17)21-15(18)20-10/h2-6H,7H2,1H3,(H4,17,18,19,20,21). The average molecular weight is 360 g/mol. The number of carbonyl (C=O) groups excluding carboxylic acids is 1. The first-order valence-electron chi connectivity index (χ1n) is 7.19. The van der Waals surface area contributed by atoms with Gasteiger partial charge in [0, 0.05) is 0 Å². The SMILES string of the molecule is Cc1nn(-c2ccccc2)c(Cl)c1C(=O)OCc1nc(N)nc(N)n1. The number of aryl methyl sites for hydroxylation is 1. The third kappa shape index (κ3) is 3.50. The molecule has 2 heterocycles. The van der Waals surface area contributed by atoms with E-state index in [1.54, 1.807) is 6.92 Å². The van der Waals surface area contributed by atoms with Crippen LogP contribution in [-0.4, -0.2) is 30.7 Å². The molecule has 9 nitrogen and oxygen atoms in total. The highest BCUT2D eigenvalue weighted by Gasteiger charge is 2.22. The van der Waals surface area contributed by atoms with Crippen molar-refractivity contribution in [1.29, 1.82) is 0 Å². The lowest BCUT2D eigenvalue weighted by Gasteiger charge is -2.05. The monoisotopic (exact) mass is 359 g/mol. The highest BCUT2D eigenvalue weighted by Crippen LogP contribution is 2.24. The topological polar surface area (TPSA) is 135 Å². The molecule has 0 aliphatic carbocycles. The molecule has 0 saturated carbocycles. The summed E-state index contributed by atoms with van der Waals surface area (Å²) in [6.45, 7) is 1.45. The van der Waals surface area contributed by atoms with Crippen LogP contribution in [0.3, 0.4) is 0 Å². The molecule has 0 aliphatic heterocycles. The van der Waals surface area contributed by atoms with E-state index in [-0.39, 0.29) is 35.0 Å². The minimum absolute atomic E-state index is 0.0512. The Kier molecular flexibility index (Phi) is 4.48. The quantitative estimate of drug-likeness (QED) is 0.669. The summed E-state index contributed by atoms with van der Waals surface area (Å²) in [7, 11) is 0. The number of hydrogen-bond acceptors (Lipinski definition) is 8. The van der Waals surface area contributed by atoms with Crippen molar-refractivity contribution in [3.8, 4) is 5.69 Å². The van der Waals surface area contributed by atoms with Gasteiger partial charge < -0.3 is 16.2 Å². The molecule has 0 fully saturated rings. The molecule has 0 aliphatic rings. The minimum atomic E-state index is -0.651. The van der Waals surface area contributed by atoms with E-state index in [1.807, 2.05) is 30.3 Å². The summed E-state index contributed by atoms with van der Waals surface area (Å²) in [6, 6.07) is 9.20. The van der Waals surface area contributed by atoms with Crippen LogP contribution in [0.15, 0.2) is 30.3 Å². The second-order valence-corrected chi connectivity index (χ2v) is 5.40. The van der Waals surface area contributed by atoms with E-state index in [1.165, 1.54) is 4.68 Å². The van der Waals surface area contributed by atoms with Crippen LogP contribution in [0, 0.1) is 6.92 Å². The predicted molar refractivity (Wildman–Crippen MR) is 91.1 cm³/mol. The Morgan fingerprint density at radius 3 is 2.44 bits per heavy atom. The molecule has 0 spiro atoms. The normalized spacial score (nSPS) is 10.6. The van der Waals surface area contributed by atoms with Crippen LogP contribution in [0.5, 0.6) is 0 Å². The predicted octanol–water partition coefficient (Wildman–Crippen LogP) is 1.54. The van der Waals surface area contributed by atoms with Crippen molar-refractivity contribution in [2.24, 2.45) is 0 Å². The second kappa shape index (κ2) is 6.73. The number of carbonyl (C=O) groups is 1. The highest BCUT2D eigenvalue weighted by molar-refractivity contribution is 6.33. The van der Waals surface area contributed by atoms with Gasteiger partial charge in [-0.05, 0) is 19.1 Å². The number of nitrogens with zero attached hydrogens (tertiary/aromatic N) is 5. The minimum Gasteiger partial charge on any atom is -0.454 e. The van der Waals surface area contributed by atoms with Gasteiger partial charge in [-0.15, -0.1) is 0 Å². The molecular weight excluding hydrogens is 346 g/mol. The van der Waals surface area contributed by atoms with Gasteiger partial charge in [-0.1, -0.05) is 29.8 Å². The van der Waals surface area contributed by atoms with Crippen molar-refractivity contribution in [3.05, 3.63) is 52.6 Å². The van der Waals surface area contributed by atoms with E-state index in [9.17, 15) is 4.79 Å². The fraction of sp³-hybridized carbons (Fsp3) is 0.133. The maximum Gasteiger partial charge on any atom is 0.343 e. The zero-order valence-corrected chi connectivity index (χ0v) is 13.9. The molecule has 1 aromatic carbocycles. The molecule has 128 valence electrons. The second-order valence-electron chi connectivity index (χ2n) is 5.04. The number of nitrogen functional groups attached to an aromatic ring is 2. The first-order valence-corrected chi connectivity index (χ1v) is 7.57. The van der Waals surface area contributed by atoms with E-state index in [0.717, 1.165) is 5.69 Å². The van der Waals surface area contributed by atoms with E-state index in [2.05, 4.69) is 20.1 Å². The summed E-state index contributed by atoms with van der Waals surface area (Å²) in [5.74, 6) is -0.612. The van der Waals surface area contributed by atoms with Gasteiger partial charge in [-0.3, -0.25) is 0 Å². The van der Waals surface area contributed by atoms with E-state index >= 15 is 0 Å². The van der Waals surface area contributed by atoms with Gasteiger partial charge in [0.05, 0.1) is 11.4 Å². The fourth-order valence-electron chi connectivity index (χ4n) is 2.19. The zero-order valence-electron chi connectivity index (χ0n) is 13.2. The molecule has 4 N–H and O–H groups in total.